The first-order valence-electron chi connectivity index (χ1n) is 11.9. The van der Waals surface area contributed by atoms with Crippen LogP contribution in [0.1, 0.15) is 64.2 Å². The molecule has 1 aromatic rings. The third-order valence-electron chi connectivity index (χ3n) is 8.02. The fourth-order valence-electron chi connectivity index (χ4n) is 6.02. The van der Waals surface area contributed by atoms with Gasteiger partial charge < -0.3 is 19.9 Å². The molecule has 4 aliphatic rings. The second-order valence-corrected chi connectivity index (χ2v) is 12.3. The molecule has 1 heterocycles. The highest BCUT2D eigenvalue weighted by Crippen LogP contribution is 2.65. The Morgan fingerprint density at radius 1 is 1.15 bits per heavy atom. The molecule has 3 aliphatic carbocycles. The van der Waals surface area contributed by atoms with E-state index in [0.29, 0.717) is 24.2 Å². The standard InChI is InChI=1S/C24H32BCl3N2O4/c1-12(2)6-19(25-33-18-10-14-9-17(23(14,3)4)24(18,5)34-25)30-20(31)11-29-22(32)13-7-15(26)21(28)16(27)8-13/h7-8,12,14,17-19H,6,9-11H2,1-5H3,(H,29,32)(H,30,31)/t14?,17?,18?,19-,24?/m0/s1. The fourth-order valence-corrected chi connectivity index (χ4v) is 6.62. The third-order valence-corrected chi connectivity index (χ3v) is 9.22. The molecule has 5 atom stereocenters. The summed E-state index contributed by atoms with van der Waals surface area (Å²) in [7, 11) is -0.513. The number of halogens is 3. The molecular weight excluding hydrogens is 497 g/mol. The summed E-state index contributed by atoms with van der Waals surface area (Å²) >= 11 is 18.0. The highest BCUT2D eigenvalue weighted by Gasteiger charge is 2.68. The van der Waals surface area contributed by atoms with Gasteiger partial charge in [0.2, 0.25) is 5.91 Å². The van der Waals surface area contributed by atoms with Gasteiger partial charge in [-0.15, -0.1) is 0 Å². The number of hydrogen-bond donors (Lipinski definition) is 2. The smallest absolute Gasteiger partial charge is 0.404 e. The van der Waals surface area contributed by atoms with E-state index in [2.05, 4.69) is 45.3 Å². The predicted molar refractivity (Wildman–Crippen MR) is 135 cm³/mol. The highest BCUT2D eigenvalue weighted by molar-refractivity contribution is 6.48. The van der Waals surface area contributed by atoms with E-state index in [9.17, 15) is 9.59 Å². The quantitative estimate of drug-likeness (QED) is 0.377. The molecule has 186 valence electrons. The maximum atomic E-state index is 12.8. The topological polar surface area (TPSA) is 76.7 Å². The Kier molecular flexibility index (Phi) is 7.27. The van der Waals surface area contributed by atoms with Crippen molar-refractivity contribution in [2.45, 2.75) is 71.5 Å². The van der Waals surface area contributed by atoms with Crippen LogP contribution in [-0.2, 0) is 14.1 Å². The summed E-state index contributed by atoms with van der Waals surface area (Å²) in [6, 6.07) is 2.83. The van der Waals surface area contributed by atoms with E-state index in [-0.39, 0.29) is 56.1 Å². The van der Waals surface area contributed by atoms with Crippen molar-refractivity contribution in [2.24, 2.45) is 23.2 Å². The maximum Gasteiger partial charge on any atom is 0.481 e. The summed E-state index contributed by atoms with van der Waals surface area (Å²) in [4.78, 5) is 25.3. The van der Waals surface area contributed by atoms with Crippen LogP contribution in [0.3, 0.4) is 0 Å². The molecule has 4 unspecified atom stereocenters. The van der Waals surface area contributed by atoms with Crippen molar-refractivity contribution in [2.75, 3.05) is 6.54 Å². The minimum absolute atomic E-state index is 0.0416. The number of carbonyl (C=O) groups excluding carboxylic acids is 2. The summed E-state index contributed by atoms with van der Waals surface area (Å²) in [6.45, 7) is 10.8. The second-order valence-electron chi connectivity index (χ2n) is 11.1. The van der Waals surface area contributed by atoms with Crippen molar-refractivity contribution < 1.29 is 18.9 Å². The molecule has 6 nitrogen and oxygen atoms in total. The molecule has 1 saturated heterocycles. The minimum atomic E-state index is -0.513. The molecule has 2 amide bonds. The Labute approximate surface area is 216 Å². The van der Waals surface area contributed by atoms with E-state index in [1.54, 1.807) is 0 Å². The third kappa shape index (κ3) is 4.71. The van der Waals surface area contributed by atoms with Crippen LogP contribution in [0.4, 0.5) is 0 Å². The lowest BCUT2D eigenvalue weighted by Crippen LogP contribution is -2.65. The first-order valence-corrected chi connectivity index (χ1v) is 13.0. The molecule has 2 bridgehead atoms. The Bertz CT molecular complexity index is 968. The monoisotopic (exact) mass is 528 g/mol. The molecule has 1 aromatic carbocycles. The molecule has 0 spiro atoms. The molecule has 10 heteroatoms. The number of hydrogen-bond acceptors (Lipinski definition) is 4. The number of benzene rings is 1. The van der Waals surface area contributed by atoms with E-state index in [1.165, 1.54) is 18.6 Å². The summed E-state index contributed by atoms with van der Waals surface area (Å²) in [5.41, 5.74) is 0.134. The van der Waals surface area contributed by atoms with E-state index in [1.807, 2.05) is 0 Å². The van der Waals surface area contributed by atoms with Crippen LogP contribution in [-0.4, -0.2) is 43.1 Å². The second kappa shape index (κ2) is 9.47. The van der Waals surface area contributed by atoms with Gasteiger partial charge in [-0.3, -0.25) is 9.59 Å². The molecule has 34 heavy (non-hydrogen) atoms. The van der Waals surface area contributed by atoms with Gasteiger partial charge in [0.25, 0.3) is 5.91 Å². The van der Waals surface area contributed by atoms with Gasteiger partial charge in [0.05, 0.1) is 39.3 Å². The van der Waals surface area contributed by atoms with E-state index in [0.717, 1.165) is 6.42 Å². The SMILES string of the molecule is CC(C)C[C@H](NC(=O)CNC(=O)c1cc(Cl)c(Cl)c(Cl)c1)B1OC2CC3CC(C3(C)C)C2(C)O1. The zero-order valence-corrected chi connectivity index (χ0v) is 22.5. The van der Waals surface area contributed by atoms with Crippen molar-refractivity contribution in [1.82, 2.24) is 10.6 Å². The van der Waals surface area contributed by atoms with Gasteiger partial charge in [0.1, 0.15) is 0 Å². The molecule has 1 aliphatic heterocycles. The molecule has 5 rings (SSSR count). The van der Waals surface area contributed by atoms with Crippen LogP contribution in [0.2, 0.25) is 15.1 Å². The summed E-state index contributed by atoms with van der Waals surface area (Å²) in [6.07, 6.45) is 2.90. The maximum absolute atomic E-state index is 12.8. The molecule has 3 saturated carbocycles. The Balaban J connectivity index is 1.38. The lowest BCUT2D eigenvalue weighted by Gasteiger charge is -2.64. The van der Waals surface area contributed by atoms with Crippen molar-refractivity contribution in [3.05, 3.63) is 32.8 Å². The van der Waals surface area contributed by atoms with Gasteiger partial charge in [-0.25, -0.2) is 0 Å². The van der Waals surface area contributed by atoms with E-state index >= 15 is 0 Å². The molecule has 0 aromatic heterocycles. The Hall–Kier alpha value is -0.985. The zero-order chi connectivity index (χ0) is 25.0. The molecular formula is C24H32BCl3N2O4. The zero-order valence-electron chi connectivity index (χ0n) is 20.2. The van der Waals surface area contributed by atoms with Crippen LogP contribution in [0.15, 0.2) is 12.1 Å². The van der Waals surface area contributed by atoms with Crippen molar-refractivity contribution >= 4 is 53.7 Å². The van der Waals surface area contributed by atoms with Crippen LogP contribution in [0.5, 0.6) is 0 Å². The van der Waals surface area contributed by atoms with Crippen molar-refractivity contribution in [3.8, 4) is 0 Å². The average molecular weight is 530 g/mol. The molecule has 2 N–H and O–H groups in total. The Morgan fingerprint density at radius 3 is 2.38 bits per heavy atom. The van der Waals surface area contributed by atoms with Gasteiger partial charge in [0.15, 0.2) is 0 Å². The van der Waals surface area contributed by atoms with Crippen LogP contribution in [0.25, 0.3) is 0 Å². The van der Waals surface area contributed by atoms with E-state index < -0.39 is 13.0 Å². The average Bonchev–Trinajstić information content (AvgIpc) is 3.11. The number of rotatable bonds is 7. The van der Waals surface area contributed by atoms with Crippen LogP contribution < -0.4 is 10.6 Å². The minimum Gasteiger partial charge on any atom is -0.404 e. The lowest BCUT2D eigenvalue weighted by molar-refractivity contribution is -0.199. The van der Waals surface area contributed by atoms with Gasteiger partial charge in [-0.1, -0.05) is 62.5 Å². The van der Waals surface area contributed by atoms with Gasteiger partial charge in [-0.05, 0) is 61.5 Å². The number of nitrogens with one attached hydrogen (secondary N) is 2. The lowest BCUT2D eigenvalue weighted by atomic mass is 9.43. The molecule has 0 radical (unpaired) electrons. The van der Waals surface area contributed by atoms with Crippen molar-refractivity contribution in [1.29, 1.82) is 0 Å². The fraction of sp³-hybridized carbons (Fsp3) is 0.667. The Morgan fingerprint density at radius 2 is 1.79 bits per heavy atom. The predicted octanol–water partition coefficient (Wildman–Crippen LogP) is 5.18. The largest absolute Gasteiger partial charge is 0.481 e. The highest BCUT2D eigenvalue weighted by atomic mass is 35.5. The first kappa shape index (κ1) is 26.1. The van der Waals surface area contributed by atoms with E-state index in [4.69, 9.17) is 44.1 Å². The van der Waals surface area contributed by atoms with Crippen LogP contribution in [0, 0.1) is 23.2 Å². The summed E-state index contributed by atoms with van der Waals surface area (Å²) in [5.74, 6) is 0.326. The number of amides is 2. The van der Waals surface area contributed by atoms with Crippen molar-refractivity contribution in [3.63, 3.8) is 0 Å². The summed E-state index contributed by atoms with van der Waals surface area (Å²) in [5, 5.41) is 6.17. The van der Waals surface area contributed by atoms with Crippen LogP contribution >= 0.6 is 34.8 Å². The normalized spacial score (nSPS) is 29.9. The summed E-state index contributed by atoms with van der Waals surface area (Å²) < 4.78 is 13.0. The number of carbonyl (C=O) groups is 2. The van der Waals surface area contributed by atoms with Gasteiger partial charge in [-0.2, -0.15) is 0 Å². The van der Waals surface area contributed by atoms with Gasteiger partial charge in [0, 0.05) is 5.56 Å². The molecule has 4 fully saturated rings. The first-order chi connectivity index (χ1) is 15.8. The van der Waals surface area contributed by atoms with Gasteiger partial charge >= 0.3 is 7.12 Å².